The number of aryl methyl sites for hydroxylation is 1. The summed E-state index contributed by atoms with van der Waals surface area (Å²) >= 11 is 1.42. The van der Waals surface area contributed by atoms with Gasteiger partial charge < -0.3 is 9.47 Å². The summed E-state index contributed by atoms with van der Waals surface area (Å²) in [5.41, 5.74) is 3.72. The molecule has 0 saturated carbocycles. The summed E-state index contributed by atoms with van der Waals surface area (Å²) in [6.45, 7) is 7.37. The number of para-hydroxylation sites is 1. The number of nitrogens with one attached hydrogen (secondary N) is 1. The highest BCUT2D eigenvalue weighted by Crippen LogP contribution is 2.33. The highest BCUT2D eigenvalue weighted by molar-refractivity contribution is 7.99. The molecule has 3 aromatic rings. The number of thioether (sulfide) groups is 1. The van der Waals surface area contributed by atoms with Gasteiger partial charge in [-0.2, -0.15) is 0 Å². The average molecular weight is 515 g/mol. The van der Waals surface area contributed by atoms with E-state index in [9.17, 15) is 13.2 Å². The molecule has 0 bridgehead atoms. The number of hydrogen-bond donors (Lipinski definition) is 1. The first kappa shape index (κ1) is 25.7. The van der Waals surface area contributed by atoms with E-state index < -0.39 is 10.0 Å². The number of nitrogens with zero attached hydrogens (tertiary/aromatic N) is 3. The van der Waals surface area contributed by atoms with Crippen molar-refractivity contribution < 1.29 is 13.2 Å². The predicted octanol–water partition coefficient (Wildman–Crippen LogP) is 4.98. The van der Waals surface area contributed by atoms with Gasteiger partial charge in [0, 0.05) is 24.8 Å². The zero-order valence-corrected chi connectivity index (χ0v) is 22.3. The summed E-state index contributed by atoms with van der Waals surface area (Å²) in [5, 5.41) is 0.746. The number of carbonyl (C=O) groups is 1. The van der Waals surface area contributed by atoms with Gasteiger partial charge in [-0.25, -0.2) is 18.1 Å². The van der Waals surface area contributed by atoms with E-state index in [2.05, 4.69) is 29.2 Å². The number of imidazole rings is 1. The van der Waals surface area contributed by atoms with Crippen LogP contribution >= 0.6 is 11.8 Å². The summed E-state index contributed by atoms with van der Waals surface area (Å²) in [7, 11) is -3.58. The molecule has 2 aromatic carbocycles. The molecule has 1 atom stereocenters. The first-order chi connectivity index (χ1) is 16.9. The number of rotatable bonds is 11. The van der Waals surface area contributed by atoms with Crippen LogP contribution in [-0.2, 0) is 27.8 Å². The van der Waals surface area contributed by atoms with Crippen molar-refractivity contribution in [2.24, 2.45) is 0 Å². The standard InChI is InChI=1S/C26H34N4O3S2/c1-4-6-14-27-35(32,33)21-12-13-22-24(17-21)29(15-7-5-2)26(28-22)34-18-25(31)30-19(3)16-20-10-8-9-11-23(20)30/h8-13,17,19,27H,4-7,14-16,18H2,1-3H3. The van der Waals surface area contributed by atoms with E-state index in [0.717, 1.165) is 60.5 Å². The third kappa shape index (κ3) is 5.57. The van der Waals surface area contributed by atoms with Crippen LogP contribution in [0.4, 0.5) is 5.69 Å². The summed E-state index contributed by atoms with van der Waals surface area (Å²) in [6, 6.07) is 13.3. The molecule has 1 aliphatic heterocycles. The Labute approximate surface area is 212 Å². The van der Waals surface area contributed by atoms with Gasteiger partial charge in [-0.3, -0.25) is 4.79 Å². The van der Waals surface area contributed by atoms with Crippen LogP contribution in [-0.4, -0.2) is 42.2 Å². The van der Waals surface area contributed by atoms with Crippen LogP contribution in [0, 0.1) is 0 Å². The second-order valence-corrected chi connectivity index (χ2v) is 11.7. The van der Waals surface area contributed by atoms with E-state index in [0.29, 0.717) is 6.54 Å². The van der Waals surface area contributed by atoms with Crippen LogP contribution in [0.5, 0.6) is 0 Å². The second-order valence-electron chi connectivity index (χ2n) is 9.04. The van der Waals surface area contributed by atoms with Gasteiger partial charge in [0.25, 0.3) is 0 Å². The lowest BCUT2D eigenvalue weighted by atomic mass is 10.1. The highest BCUT2D eigenvalue weighted by atomic mass is 32.2. The quantitative estimate of drug-likeness (QED) is 0.288. The van der Waals surface area contributed by atoms with Crippen molar-refractivity contribution in [1.82, 2.24) is 14.3 Å². The van der Waals surface area contributed by atoms with Crippen molar-refractivity contribution in [2.75, 3.05) is 17.2 Å². The van der Waals surface area contributed by atoms with Crippen LogP contribution < -0.4 is 9.62 Å². The molecule has 1 amide bonds. The minimum absolute atomic E-state index is 0.0601. The Morgan fingerprint density at radius 1 is 1.14 bits per heavy atom. The maximum absolute atomic E-state index is 13.2. The Kier molecular flexibility index (Phi) is 8.19. The lowest BCUT2D eigenvalue weighted by Gasteiger charge is -2.22. The van der Waals surface area contributed by atoms with Crippen molar-refractivity contribution in [1.29, 1.82) is 0 Å². The van der Waals surface area contributed by atoms with E-state index in [1.807, 2.05) is 30.0 Å². The van der Waals surface area contributed by atoms with Crippen molar-refractivity contribution in [2.45, 2.75) is 75.5 Å². The lowest BCUT2D eigenvalue weighted by molar-refractivity contribution is -0.116. The van der Waals surface area contributed by atoms with Crippen molar-refractivity contribution >= 4 is 44.4 Å². The van der Waals surface area contributed by atoms with Crippen molar-refractivity contribution in [3.63, 3.8) is 0 Å². The monoisotopic (exact) mass is 514 g/mol. The average Bonchev–Trinajstić information content (AvgIpc) is 3.37. The SMILES string of the molecule is CCCCNS(=O)(=O)c1ccc2nc(SCC(=O)N3c4ccccc4CC3C)n(CCCC)c2c1. The summed E-state index contributed by atoms with van der Waals surface area (Å²) in [6.07, 6.45) is 4.53. The Morgan fingerprint density at radius 3 is 2.69 bits per heavy atom. The predicted molar refractivity (Wildman–Crippen MR) is 143 cm³/mol. The Balaban J connectivity index is 1.58. The maximum Gasteiger partial charge on any atom is 0.240 e. The number of benzene rings is 2. The summed E-state index contributed by atoms with van der Waals surface area (Å²) in [5.74, 6) is 0.336. The van der Waals surface area contributed by atoms with Crippen molar-refractivity contribution in [3.8, 4) is 0 Å². The molecule has 1 aliphatic rings. The number of hydrogen-bond acceptors (Lipinski definition) is 5. The van der Waals surface area contributed by atoms with Crippen LogP contribution in [0.15, 0.2) is 52.5 Å². The lowest BCUT2D eigenvalue weighted by Crippen LogP contribution is -2.37. The number of amides is 1. The largest absolute Gasteiger partial charge is 0.319 e. The Hall–Kier alpha value is -2.36. The molecule has 1 N–H and O–H groups in total. The van der Waals surface area contributed by atoms with Crippen LogP contribution in [0.3, 0.4) is 0 Å². The zero-order chi connectivity index (χ0) is 25.0. The number of sulfonamides is 1. The molecular formula is C26H34N4O3S2. The molecule has 188 valence electrons. The second kappa shape index (κ2) is 11.1. The first-order valence-electron chi connectivity index (χ1n) is 12.4. The molecule has 0 fully saturated rings. The van der Waals surface area contributed by atoms with Gasteiger partial charge in [-0.1, -0.05) is 56.7 Å². The van der Waals surface area contributed by atoms with Gasteiger partial charge in [0.05, 0.1) is 21.7 Å². The molecule has 1 unspecified atom stereocenters. The van der Waals surface area contributed by atoms with Gasteiger partial charge in [0.2, 0.25) is 15.9 Å². The number of unbranched alkanes of at least 4 members (excludes halogenated alkanes) is 2. The molecule has 7 nitrogen and oxygen atoms in total. The highest BCUT2D eigenvalue weighted by Gasteiger charge is 2.30. The fraction of sp³-hybridized carbons (Fsp3) is 0.462. The molecule has 1 aromatic heterocycles. The van der Waals surface area contributed by atoms with E-state index in [1.165, 1.54) is 17.3 Å². The molecule has 0 spiro atoms. The molecule has 0 saturated heterocycles. The summed E-state index contributed by atoms with van der Waals surface area (Å²) in [4.78, 5) is 20.1. The number of carbonyl (C=O) groups excluding carboxylic acids is 1. The Bertz CT molecular complexity index is 1300. The van der Waals surface area contributed by atoms with E-state index in [4.69, 9.17) is 4.98 Å². The molecule has 2 heterocycles. The summed E-state index contributed by atoms with van der Waals surface area (Å²) < 4.78 is 30.3. The first-order valence-corrected chi connectivity index (χ1v) is 14.8. The van der Waals surface area contributed by atoms with E-state index in [-0.39, 0.29) is 22.6 Å². The maximum atomic E-state index is 13.2. The number of fused-ring (bicyclic) bond motifs is 2. The van der Waals surface area contributed by atoms with Crippen molar-refractivity contribution in [3.05, 3.63) is 48.0 Å². The third-order valence-electron chi connectivity index (χ3n) is 6.35. The van der Waals surface area contributed by atoms with Crippen LogP contribution in [0.25, 0.3) is 11.0 Å². The third-order valence-corrected chi connectivity index (χ3v) is 8.77. The fourth-order valence-electron chi connectivity index (χ4n) is 4.50. The van der Waals surface area contributed by atoms with Gasteiger partial charge in [0.1, 0.15) is 0 Å². The normalized spacial score (nSPS) is 15.6. The topological polar surface area (TPSA) is 84.3 Å². The molecule has 4 rings (SSSR count). The van der Waals surface area contributed by atoms with Gasteiger partial charge in [0.15, 0.2) is 5.16 Å². The number of anilines is 1. The van der Waals surface area contributed by atoms with E-state index >= 15 is 0 Å². The van der Waals surface area contributed by atoms with Gasteiger partial charge >= 0.3 is 0 Å². The van der Waals surface area contributed by atoms with Crippen LogP contribution in [0.1, 0.15) is 52.0 Å². The number of aromatic nitrogens is 2. The smallest absolute Gasteiger partial charge is 0.240 e. The molecular weight excluding hydrogens is 480 g/mol. The molecule has 0 aliphatic carbocycles. The molecule has 35 heavy (non-hydrogen) atoms. The van der Waals surface area contributed by atoms with Gasteiger partial charge in [-0.05, 0) is 56.0 Å². The van der Waals surface area contributed by atoms with E-state index in [1.54, 1.807) is 18.2 Å². The molecule has 9 heteroatoms. The zero-order valence-electron chi connectivity index (χ0n) is 20.7. The molecule has 0 radical (unpaired) electrons. The Morgan fingerprint density at radius 2 is 1.91 bits per heavy atom. The minimum Gasteiger partial charge on any atom is -0.319 e. The fourth-order valence-corrected chi connectivity index (χ4v) is 6.49. The van der Waals surface area contributed by atoms with Gasteiger partial charge in [-0.15, -0.1) is 0 Å². The minimum atomic E-state index is -3.58. The van der Waals surface area contributed by atoms with Crippen LogP contribution in [0.2, 0.25) is 0 Å².